The van der Waals surface area contributed by atoms with Crippen LogP contribution in [0.4, 0.5) is 5.69 Å². The van der Waals surface area contributed by atoms with Gasteiger partial charge in [-0.1, -0.05) is 30.3 Å². The Morgan fingerprint density at radius 1 is 0.702 bits per heavy atom. The van der Waals surface area contributed by atoms with E-state index in [9.17, 15) is 29.3 Å². The first-order valence-electron chi connectivity index (χ1n) is 15.4. The van der Waals surface area contributed by atoms with Gasteiger partial charge in [-0.15, -0.1) is 0 Å². The molecule has 236 valence electrons. The molecule has 1 aromatic heterocycles. The maximum atomic E-state index is 13.7. The second kappa shape index (κ2) is 11.6. The number of amides is 4. The molecule has 0 unspecified atom stereocenters. The monoisotopic (exact) mass is 630 g/mol. The van der Waals surface area contributed by atoms with Crippen molar-refractivity contribution in [3.8, 4) is 0 Å². The molecule has 4 amide bonds. The molecule has 0 fully saturated rings. The quantitative estimate of drug-likeness (QED) is 0.0756. The summed E-state index contributed by atoms with van der Waals surface area (Å²) < 4.78 is 0. The molecule has 7 rings (SSSR count). The summed E-state index contributed by atoms with van der Waals surface area (Å²) in [6.07, 6.45) is 1.70. The SMILES string of the molecule is C[C@H](CNCCNC[C@@H](C)N1C(=O)c2cccc3c2c(cc2cccnc23)C1=O)N1C(=O)c2cccc3cc([N+](=O)[O-])cc(c23)C1=O. The van der Waals surface area contributed by atoms with Crippen LogP contribution >= 0.6 is 0 Å². The second-order valence-electron chi connectivity index (χ2n) is 11.9. The molecule has 0 bridgehead atoms. The van der Waals surface area contributed by atoms with Crippen molar-refractivity contribution in [1.29, 1.82) is 0 Å². The predicted molar refractivity (Wildman–Crippen MR) is 176 cm³/mol. The average Bonchev–Trinajstić information content (AvgIpc) is 3.07. The van der Waals surface area contributed by atoms with Crippen LogP contribution in [0.2, 0.25) is 0 Å². The van der Waals surface area contributed by atoms with Gasteiger partial charge in [0.1, 0.15) is 0 Å². The van der Waals surface area contributed by atoms with Gasteiger partial charge in [0.15, 0.2) is 0 Å². The van der Waals surface area contributed by atoms with Crippen LogP contribution in [0.5, 0.6) is 0 Å². The molecular formula is C35H30N6O6. The summed E-state index contributed by atoms with van der Waals surface area (Å²) >= 11 is 0. The number of benzene rings is 4. The van der Waals surface area contributed by atoms with E-state index in [4.69, 9.17) is 0 Å². The standard InChI is InChI=1S/C35H30N6O6/c1-19(39-32(42)25-9-3-6-21-14-23(41(46)47)16-28(29(21)25)35(39)45)17-36-12-13-37-18-20(2)40-33(43)26-10-4-8-24-30(26)27(34(40)44)15-22-7-5-11-38-31(22)24/h3-11,14-16,19-20,36-37H,12-13,17-18H2,1-2H3/t19-,20-/m1/s1. The van der Waals surface area contributed by atoms with Crippen LogP contribution in [0.25, 0.3) is 32.4 Å². The number of hydrogen-bond acceptors (Lipinski definition) is 9. The summed E-state index contributed by atoms with van der Waals surface area (Å²) in [7, 11) is 0. The van der Waals surface area contributed by atoms with Gasteiger partial charge >= 0.3 is 0 Å². The second-order valence-corrected chi connectivity index (χ2v) is 11.9. The Hall–Kier alpha value is -5.59. The highest BCUT2D eigenvalue weighted by molar-refractivity contribution is 6.29. The number of nitrogens with zero attached hydrogens (tertiary/aromatic N) is 4. The van der Waals surface area contributed by atoms with E-state index < -0.39 is 28.8 Å². The smallest absolute Gasteiger partial charge is 0.270 e. The van der Waals surface area contributed by atoms with E-state index in [1.54, 1.807) is 43.5 Å². The first kappa shape index (κ1) is 30.1. The number of non-ortho nitro benzene ring substituents is 1. The van der Waals surface area contributed by atoms with Crippen LogP contribution in [-0.2, 0) is 0 Å². The zero-order valence-corrected chi connectivity index (χ0v) is 25.6. The van der Waals surface area contributed by atoms with Crippen molar-refractivity contribution >= 4 is 61.8 Å². The molecule has 12 heteroatoms. The maximum Gasteiger partial charge on any atom is 0.270 e. The van der Waals surface area contributed by atoms with Gasteiger partial charge in [-0.05, 0) is 43.5 Å². The number of nitro groups is 1. The molecule has 12 nitrogen and oxygen atoms in total. The molecular weight excluding hydrogens is 600 g/mol. The summed E-state index contributed by atoms with van der Waals surface area (Å²) in [6.45, 7) is 5.19. The lowest BCUT2D eigenvalue weighted by Gasteiger charge is -2.32. The minimum absolute atomic E-state index is 0.137. The normalized spacial score (nSPS) is 15.6. The molecule has 3 heterocycles. The van der Waals surface area contributed by atoms with Gasteiger partial charge in [-0.3, -0.25) is 44.1 Å². The van der Waals surface area contributed by atoms with Crippen molar-refractivity contribution in [3.63, 3.8) is 0 Å². The number of carbonyl (C=O) groups excluding carboxylic acids is 4. The van der Waals surface area contributed by atoms with Gasteiger partial charge in [0.2, 0.25) is 0 Å². The lowest BCUT2D eigenvalue weighted by Crippen LogP contribution is -2.51. The van der Waals surface area contributed by atoms with Crippen LogP contribution in [0.1, 0.15) is 55.3 Å². The van der Waals surface area contributed by atoms with Crippen LogP contribution in [0.15, 0.2) is 72.9 Å². The largest absolute Gasteiger partial charge is 0.313 e. The van der Waals surface area contributed by atoms with Gasteiger partial charge in [-0.25, -0.2) is 0 Å². The summed E-state index contributed by atoms with van der Waals surface area (Å²) in [4.78, 5) is 71.8. The Labute approximate surface area is 268 Å². The summed E-state index contributed by atoms with van der Waals surface area (Å²) in [6, 6.07) is 17.5. The lowest BCUT2D eigenvalue weighted by molar-refractivity contribution is -0.384. The number of imide groups is 2. The first-order valence-corrected chi connectivity index (χ1v) is 15.4. The third-order valence-corrected chi connectivity index (χ3v) is 8.94. The third kappa shape index (κ3) is 4.89. The van der Waals surface area contributed by atoms with E-state index in [1.165, 1.54) is 17.0 Å². The van der Waals surface area contributed by atoms with E-state index in [1.807, 2.05) is 31.2 Å². The van der Waals surface area contributed by atoms with Crippen molar-refractivity contribution in [2.45, 2.75) is 25.9 Å². The molecule has 2 atom stereocenters. The van der Waals surface area contributed by atoms with Gasteiger partial charge in [0.25, 0.3) is 29.3 Å². The molecule has 0 spiro atoms. The number of nitro benzene ring substituents is 1. The minimum Gasteiger partial charge on any atom is -0.313 e. The fraction of sp³-hybridized carbons (Fsp3) is 0.229. The lowest BCUT2D eigenvalue weighted by atomic mass is 9.91. The number of pyridine rings is 1. The molecule has 0 saturated heterocycles. The van der Waals surface area contributed by atoms with Crippen molar-refractivity contribution in [3.05, 3.63) is 105 Å². The van der Waals surface area contributed by atoms with E-state index >= 15 is 0 Å². The molecule has 0 saturated carbocycles. The molecule has 2 N–H and O–H groups in total. The third-order valence-electron chi connectivity index (χ3n) is 8.94. The number of aromatic nitrogens is 1. The predicted octanol–water partition coefficient (Wildman–Crippen LogP) is 4.30. The molecule has 0 aliphatic carbocycles. The maximum absolute atomic E-state index is 13.7. The Kier molecular flexibility index (Phi) is 7.45. The molecule has 5 aromatic rings. The Morgan fingerprint density at radius 2 is 1.26 bits per heavy atom. The molecule has 4 aromatic carbocycles. The van der Waals surface area contributed by atoms with Crippen LogP contribution in [-0.4, -0.2) is 81.6 Å². The molecule has 0 radical (unpaired) electrons. The van der Waals surface area contributed by atoms with E-state index in [0.717, 1.165) is 21.2 Å². The van der Waals surface area contributed by atoms with Crippen LogP contribution in [0, 0.1) is 10.1 Å². The topological polar surface area (TPSA) is 155 Å². The highest BCUT2D eigenvalue weighted by atomic mass is 16.6. The molecule has 2 aliphatic heterocycles. The zero-order chi connectivity index (χ0) is 33.0. The molecule has 2 aliphatic rings. The van der Waals surface area contributed by atoms with E-state index in [0.29, 0.717) is 59.0 Å². The average molecular weight is 631 g/mol. The van der Waals surface area contributed by atoms with Gasteiger partial charge in [0, 0.05) is 94.8 Å². The number of carbonyl (C=O) groups is 4. The van der Waals surface area contributed by atoms with Crippen LogP contribution < -0.4 is 10.6 Å². The van der Waals surface area contributed by atoms with E-state index in [-0.39, 0.29) is 23.1 Å². The highest BCUT2D eigenvalue weighted by Crippen LogP contribution is 2.36. The van der Waals surface area contributed by atoms with Crippen molar-refractivity contribution in [2.24, 2.45) is 0 Å². The zero-order valence-electron chi connectivity index (χ0n) is 25.6. The number of fused-ring (bicyclic) bond motifs is 2. The van der Waals surface area contributed by atoms with E-state index in [2.05, 4.69) is 15.6 Å². The number of nitrogens with one attached hydrogen (secondary N) is 2. The fourth-order valence-electron chi connectivity index (χ4n) is 6.72. The summed E-state index contributed by atoms with van der Waals surface area (Å²) in [5.74, 6) is -1.70. The van der Waals surface area contributed by atoms with Gasteiger partial charge in [-0.2, -0.15) is 0 Å². The molecule has 47 heavy (non-hydrogen) atoms. The van der Waals surface area contributed by atoms with Crippen molar-refractivity contribution in [1.82, 2.24) is 25.4 Å². The first-order chi connectivity index (χ1) is 22.7. The van der Waals surface area contributed by atoms with Crippen LogP contribution in [0.3, 0.4) is 0 Å². The Bertz CT molecular complexity index is 2180. The summed E-state index contributed by atoms with van der Waals surface area (Å²) in [5, 5.41) is 21.2. The van der Waals surface area contributed by atoms with Gasteiger partial charge < -0.3 is 10.6 Å². The fourth-order valence-corrected chi connectivity index (χ4v) is 6.72. The highest BCUT2D eigenvalue weighted by Gasteiger charge is 2.38. The van der Waals surface area contributed by atoms with Crippen molar-refractivity contribution < 1.29 is 24.1 Å². The Morgan fingerprint density at radius 3 is 1.89 bits per heavy atom. The number of rotatable bonds is 10. The van der Waals surface area contributed by atoms with Gasteiger partial charge in [0.05, 0.1) is 16.0 Å². The number of hydrogen-bond donors (Lipinski definition) is 2. The minimum atomic E-state index is -0.568. The van der Waals surface area contributed by atoms with Crippen molar-refractivity contribution in [2.75, 3.05) is 26.2 Å². The Balaban J connectivity index is 0.969. The summed E-state index contributed by atoms with van der Waals surface area (Å²) in [5.41, 5.74) is 1.96.